The van der Waals surface area contributed by atoms with Crippen molar-refractivity contribution in [3.63, 3.8) is 0 Å². The van der Waals surface area contributed by atoms with Crippen molar-refractivity contribution in [1.82, 2.24) is 5.32 Å². The Hall–Kier alpha value is -0.440. The predicted molar refractivity (Wildman–Crippen MR) is 67.9 cm³/mol. The molecule has 0 bridgehead atoms. The Morgan fingerprint density at radius 3 is 2.81 bits per heavy atom. The minimum absolute atomic E-state index is 0.439. The van der Waals surface area contributed by atoms with Crippen LogP contribution in [-0.2, 0) is 0 Å². The van der Waals surface area contributed by atoms with Gasteiger partial charge >= 0.3 is 0 Å². The van der Waals surface area contributed by atoms with Gasteiger partial charge in [-0.05, 0) is 36.9 Å². The summed E-state index contributed by atoms with van der Waals surface area (Å²) >= 11 is 12.4. The van der Waals surface area contributed by atoms with Crippen LogP contribution in [0, 0.1) is 0 Å². The molecule has 1 heterocycles. The number of methoxy groups -OCH3 is 1. The van der Waals surface area contributed by atoms with E-state index in [1.807, 2.05) is 6.07 Å². The maximum Gasteiger partial charge on any atom is 0.139 e. The average molecular weight is 260 g/mol. The first-order valence-electron chi connectivity index (χ1n) is 5.46. The standard InChI is InChI=1S/C12H15Cl2NO/c1-16-11-6-9(13)5-10(12(11)14)8-3-2-4-15-7-8/h5-6,8,15H,2-4,7H2,1H3. The number of rotatable bonds is 2. The lowest BCUT2D eigenvalue weighted by molar-refractivity contribution is 0.411. The van der Waals surface area contributed by atoms with Crippen molar-refractivity contribution in [3.05, 3.63) is 27.7 Å². The molecule has 1 saturated heterocycles. The normalized spacial score (nSPS) is 20.8. The summed E-state index contributed by atoms with van der Waals surface area (Å²) in [4.78, 5) is 0. The lowest BCUT2D eigenvalue weighted by atomic mass is 9.91. The first-order valence-corrected chi connectivity index (χ1v) is 6.21. The van der Waals surface area contributed by atoms with E-state index in [4.69, 9.17) is 27.9 Å². The van der Waals surface area contributed by atoms with Crippen LogP contribution in [-0.4, -0.2) is 20.2 Å². The van der Waals surface area contributed by atoms with Crippen LogP contribution in [0.2, 0.25) is 10.0 Å². The molecule has 1 aliphatic heterocycles. The summed E-state index contributed by atoms with van der Waals surface area (Å²) in [5.41, 5.74) is 1.10. The van der Waals surface area contributed by atoms with Gasteiger partial charge in [-0.2, -0.15) is 0 Å². The summed E-state index contributed by atoms with van der Waals surface area (Å²) in [5.74, 6) is 1.10. The first-order chi connectivity index (χ1) is 7.72. The Morgan fingerprint density at radius 2 is 2.19 bits per heavy atom. The van der Waals surface area contributed by atoms with E-state index in [9.17, 15) is 0 Å². The van der Waals surface area contributed by atoms with Gasteiger partial charge in [0.05, 0.1) is 12.1 Å². The topological polar surface area (TPSA) is 21.3 Å². The SMILES string of the molecule is COc1cc(Cl)cc(C2CCCNC2)c1Cl. The fraction of sp³-hybridized carbons (Fsp3) is 0.500. The summed E-state index contributed by atoms with van der Waals surface area (Å²) in [6.07, 6.45) is 2.33. The Bertz CT molecular complexity index is 376. The van der Waals surface area contributed by atoms with Crippen LogP contribution in [0.3, 0.4) is 0 Å². The molecule has 2 nitrogen and oxygen atoms in total. The minimum atomic E-state index is 0.439. The van der Waals surface area contributed by atoms with Crippen molar-refractivity contribution in [3.8, 4) is 5.75 Å². The summed E-state index contributed by atoms with van der Waals surface area (Å²) in [6, 6.07) is 3.70. The van der Waals surface area contributed by atoms with Crippen LogP contribution in [0.1, 0.15) is 24.3 Å². The van der Waals surface area contributed by atoms with Crippen LogP contribution in [0.25, 0.3) is 0 Å². The fourth-order valence-electron chi connectivity index (χ4n) is 2.15. The number of ether oxygens (including phenoxy) is 1. The summed E-state index contributed by atoms with van der Waals surface area (Å²) < 4.78 is 5.22. The van der Waals surface area contributed by atoms with Gasteiger partial charge in [-0.25, -0.2) is 0 Å². The van der Waals surface area contributed by atoms with E-state index in [1.165, 1.54) is 6.42 Å². The summed E-state index contributed by atoms with van der Waals surface area (Å²) in [5, 5.41) is 4.75. The van der Waals surface area contributed by atoms with Gasteiger partial charge in [-0.15, -0.1) is 0 Å². The highest BCUT2D eigenvalue weighted by Crippen LogP contribution is 2.37. The largest absolute Gasteiger partial charge is 0.495 e. The Labute approximate surface area is 106 Å². The molecule has 0 spiro atoms. The second kappa shape index (κ2) is 5.26. The van der Waals surface area contributed by atoms with Crippen LogP contribution >= 0.6 is 23.2 Å². The molecule has 1 atom stereocenters. The van der Waals surface area contributed by atoms with E-state index in [0.29, 0.717) is 21.7 Å². The zero-order valence-corrected chi connectivity index (χ0v) is 10.7. The molecule has 1 fully saturated rings. The third-order valence-electron chi connectivity index (χ3n) is 2.99. The number of nitrogens with one attached hydrogen (secondary N) is 1. The third kappa shape index (κ3) is 2.45. The van der Waals surface area contributed by atoms with Crippen molar-refractivity contribution < 1.29 is 4.74 Å². The molecule has 0 radical (unpaired) electrons. The van der Waals surface area contributed by atoms with Gasteiger partial charge in [0, 0.05) is 17.6 Å². The number of halogens is 2. The second-order valence-corrected chi connectivity index (χ2v) is 4.87. The van der Waals surface area contributed by atoms with Crippen molar-refractivity contribution in [2.24, 2.45) is 0 Å². The molecule has 0 aliphatic carbocycles. The second-order valence-electron chi connectivity index (χ2n) is 4.05. The van der Waals surface area contributed by atoms with Gasteiger partial charge in [0.25, 0.3) is 0 Å². The van der Waals surface area contributed by atoms with E-state index in [2.05, 4.69) is 5.32 Å². The Morgan fingerprint density at radius 1 is 1.38 bits per heavy atom. The maximum atomic E-state index is 6.30. The van der Waals surface area contributed by atoms with Gasteiger partial charge in [0.15, 0.2) is 0 Å². The summed E-state index contributed by atoms with van der Waals surface area (Å²) in [6.45, 7) is 2.05. The number of piperidine rings is 1. The molecule has 88 valence electrons. The molecule has 1 aliphatic rings. The minimum Gasteiger partial charge on any atom is -0.495 e. The molecule has 0 aromatic heterocycles. The molecular weight excluding hydrogens is 245 g/mol. The quantitative estimate of drug-likeness (QED) is 0.879. The van der Waals surface area contributed by atoms with E-state index >= 15 is 0 Å². The number of benzene rings is 1. The smallest absolute Gasteiger partial charge is 0.139 e. The monoisotopic (exact) mass is 259 g/mol. The van der Waals surface area contributed by atoms with Crippen LogP contribution in [0.5, 0.6) is 5.75 Å². The van der Waals surface area contributed by atoms with Crippen molar-refractivity contribution in [2.75, 3.05) is 20.2 Å². The number of hydrogen-bond acceptors (Lipinski definition) is 2. The molecule has 1 unspecified atom stereocenters. The van der Waals surface area contributed by atoms with E-state index in [-0.39, 0.29) is 0 Å². The molecule has 1 aromatic rings. The Balaban J connectivity index is 2.34. The van der Waals surface area contributed by atoms with Crippen molar-refractivity contribution in [1.29, 1.82) is 0 Å². The van der Waals surface area contributed by atoms with Gasteiger partial charge in [0.2, 0.25) is 0 Å². The molecule has 0 saturated carbocycles. The fourth-order valence-corrected chi connectivity index (χ4v) is 2.70. The third-order valence-corrected chi connectivity index (χ3v) is 3.61. The van der Waals surface area contributed by atoms with Crippen LogP contribution in [0.4, 0.5) is 0 Å². The molecule has 1 aromatic carbocycles. The lowest BCUT2D eigenvalue weighted by Crippen LogP contribution is -2.28. The Kier molecular flexibility index (Phi) is 3.95. The van der Waals surface area contributed by atoms with Gasteiger partial charge in [0.1, 0.15) is 5.75 Å². The molecule has 2 rings (SSSR count). The van der Waals surface area contributed by atoms with E-state index in [1.54, 1.807) is 13.2 Å². The van der Waals surface area contributed by atoms with Gasteiger partial charge < -0.3 is 10.1 Å². The molecule has 4 heteroatoms. The highest BCUT2D eigenvalue weighted by Gasteiger charge is 2.20. The van der Waals surface area contributed by atoms with Gasteiger partial charge in [-0.1, -0.05) is 23.2 Å². The zero-order valence-electron chi connectivity index (χ0n) is 9.22. The van der Waals surface area contributed by atoms with Crippen molar-refractivity contribution >= 4 is 23.2 Å². The van der Waals surface area contributed by atoms with Crippen LogP contribution < -0.4 is 10.1 Å². The predicted octanol–water partition coefficient (Wildman–Crippen LogP) is 3.47. The first kappa shape index (κ1) is 12.0. The lowest BCUT2D eigenvalue weighted by Gasteiger charge is -2.24. The maximum absolute atomic E-state index is 6.30. The highest BCUT2D eigenvalue weighted by molar-refractivity contribution is 6.35. The van der Waals surface area contributed by atoms with Crippen LogP contribution in [0.15, 0.2) is 12.1 Å². The van der Waals surface area contributed by atoms with Gasteiger partial charge in [-0.3, -0.25) is 0 Å². The summed E-state index contributed by atoms with van der Waals surface area (Å²) in [7, 11) is 1.61. The number of hydrogen-bond donors (Lipinski definition) is 1. The zero-order chi connectivity index (χ0) is 11.5. The van der Waals surface area contributed by atoms with Crippen molar-refractivity contribution in [2.45, 2.75) is 18.8 Å². The highest BCUT2D eigenvalue weighted by atomic mass is 35.5. The average Bonchev–Trinajstić information content (AvgIpc) is 2.33. The molecular formula is C12H15Cl2NO. The van der Waals surface area contributed by atoms with E-state index < -0.39 is 0 Å². The molecule has 1 N–H and O–H groups in total. The molecule has 0 amide bonds. The molecule has 16 heavy (non-hydrogen) atoms. The van der Waals surface area contributed by atoms with E-state index in [0.717, 1.165) is 25.1 Å².